The van der Waals surface area contributed by atoms with Gasteiger partial charge in [0.1, 0.15) is 17.0 Å². The van der Waals surface area contributed by atoms with Crippen LogP contribution in [0.25, 0.3) is 17.0 Å². The van der Waals surface area contributed by atoms with Gasteiger partial charge in [0, 0.05) is 29.0 Å². The van der Waals surface area contributed by atoms with E-state index in [1.165, 1.54) is 12.1 Å². The Kier molecular flexibility index (Phi) is 7.08. The Labute approximate surface area is 184 Å². The Morgan fingerprint density at radius 3 is 2.69 bits per heavy atom. The quantitative estimate of drug-likeness (QED) is 0.332. The van der Waals surface area contributed by atoms with Crippen LogP contribution < -0.4 is 31.2 Å². The van der Waals surface area contributed by atoms with Gasteiger partial charge in [-0.2, -0.15) is 0 Å². The zero-order valence-electron chi connectivity index (χ0n) is 16.9. The Hall–Kier alpha value is -1.77. The third-order valence-corrected chi connectivity index (χ3v) is 7.19. The summed E-state index contributed by atoms with van der Waals surface area (Å²) >= 11 is 0. The molecule has 1 aliphatic rings. The lowest BCUT2D eigenvalue weighted by Gasteiger charge is -2.15. The van der Waals surface area contributed by atoms with Crippen LogP contribution in [0.3, 0.4) is 0 Å². The average Bonchev–Trinajstić information content (AvgIpc) is 3.30. The number of hydrogen-bond donors (Lipinski definition) is 1. The lowest BCUT2D eigenvalue weighted by Crippen LogP contribution is -3.00. The predicted molar refractivity (Wildman–Crippen MR) is 114 cm³/mol. The van der Waals surface area contributed by atoms with Crippen molar-refractivity contribution in [2.75, 3.05) is 19.7 Å². The number of pyridine rings is 1. The van der Waals surface area contributed by atoms with E-state index in [4.69, 9.17) is 19.2 Å². The molecule has 0 unspecified atom stereocenters. The largest absolute Gasteiger partial charge is 1.00 e. The second-order valence-electron chi connectivity index (χ2n) is 6.65. The van der Waals surface area contributed by atoms with Crippen molar-refractivity contribution in [2.45, 2.75) is 32.9 Å². The minimum atomic E-state index is 0. The second kappa shape index (κ2) is 9.36. The molecule has 0 fully saturated rings. The van der Waals surface area contributed by atoms with Crippen molar-refractivity contribution < 1.29 is 31.2 Å². The highest BCUT2D eigenvalue weighted by Gasteiger charge is 2.25. The van der Waals surface area contributed by atoms with Crippen LogP contribution in [-0.4, -0.2) is 29.6 Å². The number of hydrogen-bond acceptors (Lipinski definition) is 6. The van der Waals surface area contributed by atoms with Crippen molar-refractivity contribution >= 4 is 32.6 Å². The molecule has 0 bridgehead atoms. The summed E-state index contributed by atoms with van der Waals surface area (Å²) in [4.78, 5) is 8.25. The van der Waals surface area contributed by atoms with Crippen LogP contribution in [0, 0.1) is 13.8 Å². The number of aromatic nitrogens is 3. The fourth-order valence-electron chi connectivity index (χ4n) is 3.36. The molecule has 0 amide bonds. The Morgan fingerprint density at radius 2 is 1.97 bits per heavy atom. The van der Waals surface area contributed by atoms with E-state index in [0.717, 1.165) is 56.9 Å². The maximum absolute atomic E-state index is 5.65. The van der Waals surface area contributed by atoms with Crippen molar-refractivity contribution in [1.82, 2.24) is 9.97 Å². The molecule has 0 aliphatic carbocycles. The summed E-state index contributed by atoms with van der Waals surface area (Å²) in [5, 5.41) is 0. The molecule has 0 saturated carbocycles. The highest BCUT2D eigenvalue weighted by Crippen LogP contribution is 2.36. The second-order valence-corrected chi connectivity index (χ2v) is 9.24. The monoisotopic (exact) mass is 453 g/mol. The normalized spacial score (nSPS) is 12.3. The van der Waals surface area contributed by atoms with Gasteiger partial charge in [-0.3, -0.25) is 0 Å². The lowest BCUT2D eigenvalue weighted by molar-refractivity contribution is -0.611. The zero-order valence-corrected chi connectivity index (χ0v) is 19.3. The predicted octanol–water partition coefficient (Wildman–Crippen LogP) is 1.49. The molecule has 156 valence electrons. The molecule has 6 nitrogen and oxygen atoms in total. The third-order valence-electron chi connectivity index (χ3n) is 4.71. The van der Waals surface area contributed by atoms with E-state index in [0.29, 0.717) is 0 Å². The number of halogens is 1. The zero-order chi connectivity index (χ0) is 19.7. The van der Waals surface area contributed by atoms with Gasteiger partial charge in [-0.05, 0) is 20.3 Å². The molecule has 1 aromatic carbocycles. The van der Waals surface area contributed by atoms with E-state index in [1.807, 2.05) is 33.7 Å². The van der Waals surface area contributed by atoms with Gasteiger partial charge in [0.05, 0.1) is 19.1 Å². The van der Waals surface area contributed by atoms with E-state index in [2.05, 4.69) is 36.5 Å². The summed E-state index contributed by atoms with van der Waals surface area (Å²) < 4.78 is 18.8. The fourth-order valence-corrected chi connectivity index (χ4v) is 5.63. The first kappa shape index (κ1) is 21.9. The Morgan fingerprint density at radius 1 is 1.21 bits per heavy atom. The molecule has 0 spiro atoms. The van der Waals surface area contributed by atoms with Gasteiger partial charge < -0.3 is 26.6 Å². The van der Waals surface area contributed by atoms with Gasteiger partial charge in [0.25, 0.3) is 0 Å². The minimum absolute atomic E-state index is 0. The molecular formula is C20H24ClN3O3S2. The van der Waals surface area contributed by atoms with Crippen molar-refractivity contribution in [2.24, 2.45) is 0 Å². The van der Waals surface area contributed by atoms with Gasteiger partial charge in [-0.15, -0.1) is 0 Å². The summed E-state index contributed by atoms with van der Waals surface area (Å²) in [6.45, 7) is 6.63. The Balaban J connectivity index is 0.00000240. The minimum Gasteiger partial charge on any atom is -1.00 e. The van der Waals surface area contributed by atoms with Gasteiger partial charge in [0.2, 0.25) is 6.79 Å². The van der Waals surface area contributed by atoms with Crippen LogP contribution in [-0.2, 0) is 5.75 Å². The number of aryl methyl sites for hydroxylation is 1. The van der Waals surface area contributed by atoms with Crippen LogP contribution in [0.15, 0.2) is 18.3 Å². The summed E-state index contributed by atoms with van der Waals surface area (Å²) in [6.07, 6.45) is 3.26. The molecule has 3 heterocycles. The standard InChI is InChI=1S/C20H24N3O3S2.ClH/c1-5-6-27-28-10-16-13(3)19(24-4)12(2)9-23(16)20-21-14-7-17-18(26-11-25-17)8-15(14)22-20;/h7-9H,5-6,10-11H2,1-4H3,(H,21,22);1H/q+1;/p-1. The molecule has 0 saturated heterocycles. The summed E-state index contributed by atoms with van der Waals surface area (Å²) in [6, 6.07) is 3.87. The smallest absolute Gasteiger partial charge is 0.402 e. The highest BCUT2D eigenvalue weighted by molar-refractivity contribution is 8.76. The fraction of sp³-hybridized carbons (Fsp3) is 0.400. The molecule has 2 aromatic heterocycles. The van der Waals surface area contributed by atoms with E-state index in [1.54, 1.807) is 7.11 Å². The van der Waals surface area contributed by atoms with Crippen LogP contribution in [0.1, 0.15) is 30.2 Å². The number of fused-ring (bicyclic) bond motifs is 2. The number of nitrogens with one attached hydrogen (secondary N) is 1. The first-order valence-corrected chi connectivity index (χ1v) is 11.7. The highest BCUT2D eigenvalue weighted by atomic mass is 35.5. The van der Waals surface area contributed by atoms with Gasteiger partial charge in [-0.1, -0.05) is 33.5 Å². The van der Waals surface area contributed by atoms with E-state index in [9.17, 15) is 0 Å². The number of H-pyrrole nitrogens is 1. The van der Waals surface area contributed by atoms with E-state index >= 15 is 0 Å². The van der Waals surface area contributed by atoms with Crippen LogP contribution >= 0.6 is 21.6 Å². The molecule has 0 atom stereocenters. The number of imidazole rings is 1. The van der Waals surface area contributed by atoms with E-state index < -0.39 is 0 Å². The van der Waals surface area contributed by atoms with Crippen LogP contribution in [0.5, 0.6) is 17.2 Å². The Bertz CT molecular complexity index is 985. The van der Waals surface area contributed by atoms with Gasteiger partial charge in [0.15, 0.2) is 17.0 Å². The van der Waals surface area contributed by atoms with Crippen molar-refractivity contribution in [3.63, 3.8) is 0 Å². The summed E-state index contributed by atoms with van der Waals surface area (Å²) in [5.41, 5.74) is 5.18. The molecule has 3 aromatic rings. The van der Waals surface area contributed by atoms with Crippen molar-refractivity contribution in [3.8, 4) is 23.2 Å². The molecular weight excluding hydrogens is 430 g/mol. The molecule has 29 heavy (non-hydrogen) atoms. The summed E-state index contributed by atoms with van der Waals surface area (Å²) in [7, 11) is 5.49. The van der Waals surface area contributed by atoms with Crippen molar-refractivity contribution in [3.05, 3.63) is 35.2 Å². The molecule has 0 radical (unpaired) electrons. The van der Waals surface area contributed by atoms with Crippen LogP contribution in [0.2, 0.25) is 0 Å². The number of ether oxygens (including phenoxy) is 3. The molecule has 9 heteroatoms. The first-order valence-electron chi connectivity index (χ1n) is 9.25. The third kappa shape index (κ3) is 4.25. The average molecular weight is 454 g/mol. The lowest BCUT2D eigenvalue weighted by atomic mass is 10.1. The maximum Gasteiger partial charge on any atom is 0.402 e. The van der Waals surface area contributed by atoms with Gasteiger partial charge in [-0.25, -0.2) is 9.55 Å². The van der Waals surface area contributed by atoms with Gasteiger partial charge >= 0.3 is 5.95 Å². The number of aromatic amines is 1. The molecule has 4 rings (SSSR count). The molecule has 1 aliphatic heterocycles. The van der Waals surface area contributed by atoms with Crippen LogP contribution in [0.4, 0.5) is 0 Å². The number of rotatable bonds is 7. The summed E-state index contributed by atoms with van der Waals surface area (Å²) in [5.74, 6) is 5.22. The molecule has 1 N–H and O–H groups in total. The first-order chi connectivity index (χ1) is 13.6. The number of nitrogens with zero attached hydrogens (tertiary/aromatic N) is 2. The SMILES string of the molecule is CCCSSCc1c(C)c(OC)c(C)c[n+]1-c1nc2cc3c(cc2[nH]1)OCO3.[Cl-]. The van der Waals surface area contributed by atoms with E-state index in [-0.39, 0.29) is 19.2 Å². The van der Waals surface area contributed by atoms with Crippen molar-refractivity contribution in [1.29, 1.82) is 0 Å². The topological polar surface area (TPSA) is 60.2 Å². The number of methoxy groups -OCH3 is 1. The number of benzene rings is 1. The maximum atomic E-state index is 5.65.